The van der Waals surface area contributed by atoms with Gasteiger partial charge in [0.1, 0.15) is 11.6 Å². The SMILES string of the molecule is NCC1CCCC1OCc1c(F)cccc1F. The Morgan fingerprint density at radius 2 is 1.94 bits per heavy atom. The minimum absolute atomic E-state index is 0.00942. The molecule has 0 amide bonds. The van der Waals surface area contributed by atoms with Crippen LogP contribution in [0.4, 0.5) is 8.78 Å². The molecular weight excluding hydrogens is 224 g/mol. The summed E-state index contributed by atoms with van der Waals surface area (Å²) in [6, 6.07) is 3.85. The van der Waals surface area contributed by atoms with Crippen LogP contribution < -0.4 is 5.73 Å². The molecule has 0 bridgehead atoms. The molecule has 0 radical (unpaired) electrons. The number of ether oxygens (including phenoxy) is 1. The maximum absolute atomic E-state index is 13.4. The van der Waals surface area contributed by atoms with Gasteiger partial charge in [-0.15, -0.1) is 0 Å². The van der Waals surface area contributed by atoms with Gasteiger partial charge in [-0.3, -0.25) is 0 Å². The fraction of sp³-hybridized carbons (Fsp3) is 0.538. The summed E-state index contributed by atoms with van der Waals surface area (Å²) in [7, 11) is 0. The standard InChI is InChI=1S/C13H17F2NO/c14-11-4-2-5-12(15)10(11)8-17-13-6-1-3-9(13)7-16/h2,4-5,9,13H,1,3,6-8,16H2. The zero-order valence-corrected chi connectivity index (χ0v) is 9.66. The van der Waals surface area contributed by atoms with Gasteiger partial charge in [0.2, 0.25) is 0 Å². The first-order valence-electron chi connectivity index (χ1n) is 5.97. The number of nitrogens with two attached hydrogens (primary N) is 1. The highest BCUT2D eigenvalue weighted by molar-refractivity contribution is 5.18. The lowest BCUT2D eigenvalue weighted by Gasteiger charge is -2.18. The van der Waals surface area contributed by atoms with Crippen LogP contribution in [0.1, 0.15) is 24.8 Å². The topological polar surface area (TPSA) is 35.2 Å². The van der Waals surface area contributed by atoms with Crippen LogP contribution in [-0.2, 0) is 11.3 Å². The van der Waals surface area contributed by atoms with Crippen molar-refractivity contribution in [3.8, 4) is 0 Å². The predicted molar refractivity (Wildman–Crippen MR) is 61.3 cm³/mol. The summed E-state index contributed by atoms with van der Waals surface area (Å²) < 4.78 is 32.3. The normalized spacial score (nSPS) is 24.2. The Morgan fingerprint density at radius 1 is 1.24 bits per heavy atom. The van der Waals surface area contributed by atoms with E-state index in [0.29, 0.717) is 12.5 Å². The van der Waals surface area contributed by atoms with E-state index in [1.807, 2.05) is 0 Å². The Bertz CT molecular complexity index is 363. The van der Waals surface area contributed by atoms with Crippen molar-refractivity contribution in [2.24, 2.45) is 11.7 Å². The Kier molecular flexibility index (Phi) is 4.07. The first-order chi connectivity index (χ1) is 8.22. The van der Waals surface area contributed by atoms with E-state index in [-0.39, 0.29) is 18.3 Å². The van der Waals surface area contributed by atoms with E-state index in [2.05, 4.69) is 0 Å². The number of benzene rings is 1. The van der Waals surface area contributed by atoms with Crippen LogP contribution in [0.25, 0.3) is 0 Å². The lowest BCUT2D eigenvalue weighted by Crippen LogP contribution is -2.25. The summed E-state index contributed by atoms with van der Waals surface area (Å²) in [5, 5.41) is 0. The second kappa shape index (κ2) is 5.56. The summed E-state index contributed by atoms with van der Waals surface area (Å²) in [6.07, 6.45) is 3.09. The molecule has 2 rings (SSSR count). The predicted octanol–water partition coefficient (Wildman–Crippen LogP) is 2.61. The lowest BCUT2D eigenvalue weighted by molar-refractivity contribution is 0.0155. The van der Waals surface area contributed by atoms with Crippen molar-refractivity contribution in [3.05, 3.63) is 35.4 Å². The molecule has 1 fully saturated rings. The number of hydrogen-bond acceptors (Lipinski definition) is 2. The average molecular weight is 241 g/mol. The third-order valence-corrected chi connectivity index (χ3v) is 3.40. The number of rotatable bonds is 4. The van der Waals surface area contributed by atoms with Gasteiger partial charge in [-0.05, 0) is 37.4 Å². The summed E-state index contributed by atoms with van der Waals surface area (Å²) in [4.78, 5) is 0. The maximum Gasteiger partial charge on any atom is 0.131 e. The first kappa shape index (κ1) is 12.5. The highest BCUT2D eigenvalue weighted by Crippen LogP contribution is 2.28. The number of hydrogen-bond donors (Lipinski definition) is 1. The molecule has 2 N–H and O–H groups in total. The van der Waals surface area contributed by atoms with Gasteiger partial charge in [0, 0.05) is 5.56 Å². The highest BCUT2D eigenvalue weighted by Gasteiger charge is 2.27. The van der Waals surface area contributed by atoms with Gasteiger partial charge >= 0.3 is 0 Å². The largest absolute Gasteiger partial charge is 0.373 e. The minimum atomic E-state index is -0.549. The zero-order valence-electron chi connectivity index (χ0n) is 9.66. The molecule has 4 heteroatoms. The van der Waals surface area contributed by atoms with Crippen LogP contribution in [-0.4, -0.2) is 12.6 Å². The van der Waals surface area contributed by atoms with Crippen LogP contribution >= 0.6 is 0 Å². The van der Waals surface area contributed by atoms with E-state index in [4.69, 9.17) is 10.5 Å². The quantitative estimate of drug-likeness (QED) is 0.879. The van der Waals surface area contributed by atoms with Crippen molar-refractivity contribution in [1.82, 2.24) is 0 Å². The van der Waals surface area contributed by atoms with Crippen molar-refractivity contribution >= 4 is 0 Å². The van der Waals surface area contributed by atoms with Crippen molar-refractivity contribution in [2.45, 2.75) is 32.0 Å². The van der Waals surface area contributed by atoms with Crippen molar-refractivity contribution in [1.29, 1.82) is 0 Å². The molecule has 2 nitrogen and oxygen atoms in total. The molecule has 1 aliphatic rings. The molecule has 0 saturated heterocycles. The molecule has 17 heavy (non-hydrogen) atoms. The Labute approximate surface area is 99.8 Å². The maximum atomic E-state index is 13.4. The van der Waals surface area contributed by atoms with Crippen LogP contribution in [0.15, 0.2) is 18.2 Å². The fourth-order valence-electron chi connectivity index (χ4n) is 2.35. The van der Waals surface area contributed by atoms with Gasteiger partial charge in [0.05, 0.1) is 12.7 Å². The third-order valence-electron chi connectivity index (χ3n) is 3.40. The minimum Gasteiger partial charge on any atom is -0.373 e. The summed E-state index contributed by atoms with van der Waals surface area (Å²) in [5.41, 5.74) is 5.63. The molecule has 1 saturated carbocycles. The summed E-state index contributed by atoms with van der Waals surface area (Å²) in [6.45, 7) is 0.560. The van der Waals surface area contributed by atoms with Gasteiger partial charge in [-0.1, -0.05) is 12.5 Å². The molecule has 1 aromatic carbocycles. The van der Waals surface area contributed by atoms with E-state index < -0.39 is 11.6 Å². The van der Waals surface area contributed by atoms with E-state index in [1.54, 1.807) is 0 Å². The van der Waals surface area contributed by atoms with Crippen LogP contribution in [0.2, 0.25) is 0 Å². The van der Waals surface area contributed by atoms with E-state index >= 15 is 0 Å². The second-order valence-corrected chi connectivity index (χ2v) is 4.48. The molecule has 0 aliphatic heterocycles. The molecule has 2 unspecified atom stereocenters. The van der Waals surface area contributed by atoms with Gasteiger partial charge in [0.15, 0.2) is 0 Å². The van der Waals surface area contributed by atoms with Gasteiger partial charge in [-0.25, -0.2) is 8.78 Å². The lowest BCUT2D eigenvalue weighted by atomic mass is 10.1. The molecular formula is C13H17F2NO. The molecule has 1 aromatic rings. The second-order valence-electron chi connectivity index (χ2n) is 4.48. The number of halogens is 2. The van der Waals surface area contributed by atoms with Crippen molar-refractivity contribution < 1.29 is 13.5 Å². The fourth-order valence-corrected chi connectivity index (χ4v) is 2.35. The average Bonchev–Trinajstić information content (AvgIpc) is 2.76. The third kappa shape index (κ3) is 2.82. The van der Waals surface area contributed by atoms with E-state index in [1.165, 1.54) is 18.2 Å². The molecule has 0 spiro atoms. The van der Waals surface area contributed by atoms with Crippen molar-refractivity contribution in [2.75, 3.05) is 6.54 Å². The first-order valence-corrected chi connectivity index (χ1v) is 5.97. The zero-order chi connectivity index (χ0) is 12.3. The van der Waals surface area contributed by atoms with Gasteiger partial charge < -0.3 is 10.5 Å². The molecule has 94 valence electrons. The summed E-state index contributed by atoms with van der Waals surface area (Å²) >= 11 is 0. The van der Waals surface area contributed by atoms with Crippen LogP contribution in [0, 0.1) is 17.6 Å². The van der Waals surface area contributed by atoms with Crippen LogP contribution in [0.5, 0.6) is 0 Å². The summed E-state index contributed by atoms with van der Waals surface area (Å²) in [5.74, 6) is -0.774. The Balaban J connectivity index is 1.98. The monoisotopic (exact) mass is 241 g/mol. The Hall–Kier alpha value is -1.00. The highest BCUT2D eigenvalue weighted by atomic mass is 19.1. The van der Waals surface area contributed by atoms with Crippen molar-refractivity contribution in [3.63, 3.8) is 0 Å². The molecule has 2 atom stereocenters. The smallest absolute Gasteiger partial charge is 0.131 e. The van der Waals surface area contributed by atoms with Gasteiger partial charge in [0.25, 0.3) is 0 Å². The van der Waals surface area contributed by atoms with Gasteiger partial charge in [-0.2, -0.15) is 0 Å². The van der Waals surface area contributed by atoms with E-state index in [0.717, 1.165) is 19.3 Å². The molecule has 0 aromatic heterocycles. The van der Waals surface area contributed by atoms with Crippen LogP contribution in [0.3, 0.4) is 0 Å². The Morgan fingerprint density at radius 3 is 2.59 bits per heavy atom. The molecule has 1 aliphatic carbocycles. The molecule has 0 heterocycles. The van der Waals surface area contributed by atoms with E-state index in [9.17, 15) is 8.78 Å².